The normalized spacial score (nSPS) is 10.2. The van der Waals surface area contributed by atoms with E-state index < -0.39 is 12.0 Å². The number of carboxylic acids is 1. The molecule has 2 aromatic rings. The number of benzene rings is 1. The van der Waals surface area contributed by atoms with Crippen molar-refractivity contribution in [1.29, 1.82) is 0 Å². The molecule has 9 heteroatoms. The monoisotopic (exact) mass is 416 g/mol. The molecule has 4 N–H and O–H groups in total. The highest BCUT2D eigenvalue weighted by Gasteiger charge is 2.16. The number of aromatic nitrogens is 2. The summed E-state index contributed by atoms with van der Waals surface area (Å²) in [5.41, 5.74) is 0.976. The third-order valence-corrected chi connectivity index (χ3v) is 3.62. The van der Waals surface area contributed by atoms with Crippen molar-refractivity contribution < 1.29 is 14.7 Å². The molecule has 0 aliphatic carbocycles. The summed E-state index contributed by atoms with van der Waals surface area (Å²) in [6.07, 6.45) is 3.23. The lowest BCUT2D eigenvalue weighted by Gasteiger charge is -2.12. The molecule has 0 unspecified atom stereocenters. The molecule has 0 spiro atoms. The maximum Gasteiger partial charge on any atom is 0.337 e. The second-order valence-electron chi connectivity index (χ2n) is 4.03. The Bertz CT molecular complexity index is 673. The molecule has 0 fully saturated rings. The molecule has 2 amide bonds. The first-order chi connectivity index (χ1) is 9.97. The average molecular weight is 418 g/mol. The molecule has 0 aliphatic heterocycles. The highest BCUT2D eigenvalue weighted by atomic mass is 79.9. The number of carboxylic acid groups (broad SMARTS) is 1. The summed E-state index contributed by atoms with van der Waals surface area (Å²) in [5.74, 6) is -1.14. The smallest absolute Gasteiger partial charge is 0.337 e. The highest BCUT2D eigenvalue weighted by molar-refractivity contribution is 9.11. The van der Waals surface area contributed by atoms with E-state index in [9.17, 15) is 14.7 Å². The van der Waals surface area contributed by atoms with Gasteiger partial charge in [-0.1, -0.05) is 15.9 Å². The fourth-order valence-corrected chi connectivity index (χ4v) is 2.91. The highest BCUT2D eigenvalue weighted by Crippen LogP contribution is 2.30. The zero-order valence-corrected chi connectivity index (χ0v) is 13.7. The van der Waals surface area contributed by atoms with Crippen LogP contribution in [0.2, 0.25) is 0 Å². The summed E-state index contributed by atoms with van der Waals surface area (Å²) in [6, 6.07) is 2.55. The van der Waals surface area contributed by atoms with Gasteiger partial charge in [-0.2, -0.15) is 5.10 Å². The molecule has 0 atom stereocenters. The Kier molecular flexibility index (Phi) is 4.97. The van der Waals surface area contributed by atoms with Crippen molar-refractivity contribution in [3.05, 3.63) is 44.6 Å². The van der Waals surface area contributed by atoms with Gasteiger partial charge in [0.25, 0.3) is 0 Å². The number of carbonyl (C=O) groups excluding carboxylic acids is 1. The molecule has 0 aliphatic rings. The first-order valence-electron chi connectivity index (χ1n) is 5.72. The topological polar surface area (TPSA) is 107 Å². The second-order valence-corrected chi connectivity index (χ2v) is 5.80. The Morgan fingerprint density at radius 3 is 2.71 bits per heavy atom. The summed E-state index contributed by atoms with van der Waals surface area (Å²) < 4.78 is 1.06. The number of hydrogen-bond acceptors (Lipinski definition) is 3. The van der Waals surface area contributed by atoms with Crippen molar-refractivity contribution in [2.75, 3.05) is 5.32 Å². The lowest BCUT2D eigenvalue weighted by atomic mass is 10.2. The Morgan fingerprint density at radius 2 is 2.10 bits per heavy atom. The first kappa shape index (κ1) is 15.5. The van der Waals surface area contributed by atoms with E-state index in [1.165, 1.54) is 6.07 Å². The van der Waals surface area contributed by atoms with Crippen molar-refractivity contribution in [2.45, 2.75) is 6.54 Å². The largest absolute Gasteiger partial charge is 0.478 e. The third-order valence-electron chi connectivity index (χ3n) is 2.53. The second kappa shape index (κ2) is 6.72. The zero-order chi connectivity index (χ0) is 15.4. The number of carbonyl (C=O) groups is 2. The molecule has 2 rings (SSSR count). The van der Waals surface area contributed by atoms with Crippen LogP contribution in [-0.2, 0) is 6.54 Å². The van der Waals surface area contributed by atoms with Gasteiger partial charge >= 0.3 is 12.0 Å². The van der Waals surface area contributed by atoms with Crippen LogP contribution in [0.15, 0.2) is 33.5 Å². The van der Waals surface area contributed by atoms with Crippen molar-refractivity contribution in [1.82, 2.24) is 15.5 Å². The molecule has 21 heavy (non-hydrogen) atoms. The van der Waals surface area contributed by atoms with Gasteiger partial charge in [0.2, 0.25) is 0 Å². The molecule has 110 valence electrons. The molecule has 0 saturated carbocycles. The molecule has 0 saturated heterocycles. The molecular formula is C12H10Br2N4O3. The van der Waals surface area contributed by atoms with E-state index in [4.69, 9.17) is 0 Å². The number of amides is 2. The fourth-order valence-electron chi connectivity index (χ4n) is 1.58. The molecule has 7 nitrogen and oxygen atoms in total. The van der Waals surface area contributed by atoms with E-state index in [1.807, 2.05) is 0 Å². The fraction of sp³-hybridized carbons (Fsp3) is 0.0833. The van der Waals surface area contributed by atoms with Crippen LogP contribution >= 0.6 is 31.9 Å². The predicted molar refractivity (Wildman–Crippen MR) is 83.2 cm³/mol. The number of nitrogens with zero attached hydrogens (tertiary/aromatic N) is 1. The van der Waals surface area contributed by atoms with Gasteiger partial charge in [-0.3, -0.25) is 5.10 Å². The van der Waals surface area contributed by atoms with Crippen LogP contribution in [0.25, 0.3) is 0 Å². The van der Waals surface area contributed by atoms with Gasteiger partial charge in [0.15, 0.2) is 0 Å². The van der Waals surface area contributed by atoms with Gasteiger partial charge in [-0.15, -0.1) is 0 Å². The van der Waals surface area contributed by atoms with Crippen LogP contribution in [-0.4, -0.2) is 27.3 Å². The van der Waals surface area contributed by atoms with Gasteiger partial charge < -0.3 is 15.7 Å². The molecule has 0 radical (unpaired) electrons. The number of urea groups is 1. The molecule has 0 bridgehead atoms. The molecule has 1 heterocycles. The minimum atomic E-state index is -1.14. The minimum Gasteiger partial charge on any atom is -0.478 e. The minimum absolute atomic E-state index is 0.0188. The van der Waals surface area contributed by atoms with Crippen molar-refractivity contribution in [2.24, 2.45) is 0 Å². The van der Waals surface area contributed by atoms with Crippen LogP contribution in [0.3, 0.4) is 0 Å². The third kappa shape index (κ3) is 4.05. The molecular weight excluding hydrogens is 408 g/mol. The lowest BCUT2D eigenvalue weighted by Crippen LogP contribution is -2.29. The average Bonchev–Trinajstić information content (AvgIpc) is 2.92. The Morgan fingerprint density at radius 1 is 1.33 bits per heavy atom. The van der Waals surface area contributed by atoms with E-state index in [0.29, 0.717) is 8.95 Å². The van der Waals surface area contributed by atoms with Crippen LogP contribution in [0.5, 0.6) is 0 Å². The zero-order valence-electron chi connectivity index (χ0n) is 10.5. The number of nitrogens with one attached hydrogen (secondary N) is 3. The Balaban J connectivity index is 2.11. The number of hydrogen-bond donors (Lipinski definition) is 4. The van der Waals surface area contributed by atoms with Gasteiger partial charge in [0.1, 0.15) is 0 Å². The van der Waals surface area contributed by atoms with E-state index in [1.54, 1.807) is 18.5 Å². The maximum absolute atomic E-state index is 11.8. The van der Waals surface area contributed by atoms with Crippen molar-refractivity contribution in [3.8, 4) is 0 Å². The Labute approximate surface area is 136 Å². The van der Waals surface area contributed by atoms with E-state index in [-0.39, 0.29) is 17.8 Å². The number of aromatic amines is 1. The molecule has 1 aromatic carbocycles. The SMILES string of the molecule is O=C(NCc1cn[nH]c1)Nc1c(Br)cc(Br)cc1C(=O)O. The number of aromatic carboxylic acids is 1. The number of rotatable bonds is 4. The summed E-state index contributed by atoms with van der Waals surface area (Å²) in [7, 11) is 0. The van der Waals surface area contributed by atoms with E-state index in [2.05, 4.69) is 52.7 Å². The summed E-state index contributed by atoms with van der Waals surface area (Å²) in [5, 5.41) is 20.7. The number of anilines is 1. The van der Waals surface area contributed by atoms with Crippen LogP contribution in [0.1, 0.15) is 15.9 Å². The maximum atomic E-state index is 11.8. The van der Waals surface area contributed by atoms with Gasteiger partial charge in [0, 0.05) is 27.3 Å². The predicted octanol–water partition coefficient (Wildman–Crippen LogP) is 2.95. The van der Waals surface area contributed by atoms with Crippen LogP contribution < -0.4 is 10.6 Å². The first-order valence-corrected chi connectivity index (χ1v) is 7.31. The van der Waals surface area contributed by atoms with Crippen molar-refractivity contribution in [3.63, 3.8) is 0 Å². The van der Waals surface area contributed by atoms with Crippen molar-refractivity contribution >= 4 is 49.5 Å². The summed E-state index contributed by atoms with van der Waals surface area (Å²) in [4.78, 5) is 23.1. The van der Waals surface area contributed by atoms with E-state index >= 15 is 0 Å². The Hall–Kier alpha value is -1.87. The lowest BCUT2D eigenvalue weighted by molar-refractivity contribution is 0.0698. The number of halogens is 2. The van der Waals surface area contributed by atoms with E-state index in [0.717, 1.165) is 5.56 Å². The standard InChI is InChI=1S/C12H10Br2N4O3/c13-7-1-8(11(19)20)10(9(14)2-7)18-12(21)15-3-6-4-16-17-5-6/h1-2,4-5H,3H2,(H,16,17)(H,19,20)(H2,15,18,21). The van der Waals surface area contributed by atoms with Gasteiger partial charge in [-0.25, -0.2) is 9.59 Å². The summed E-state index contributed by atoms with van der Waals surface area (Å²) >= 11 is 6.44. The summed E-state index contributed by atoms with van der Waals surface area (Å²) in [6.45, 7) is 0.277. The van der Waals surface area contributed by atoms with Gasteiger partial charge in [0.05, 0.1) is 17.4 Å². The van der Waals surface area contributed by atoms with Crippen LogP contribution in [0.4, 0.5) is 10.5 Å². The van der Waals surface area contributed by atoms with Crippen LogP contribution in [0, 0.1) is 0 Å². The molecule has 1 aromatic heterocycles. The van der Waals surface area contributed by atoms with Gasteiger partial charge in [-0.05, 0) is 28.1 Å². The number of H-pyrrole nitrogens is 1. The quantitative estimate of drug-likeness (QED) is 0.613.